The third-order valence-corrected chi connectivity index (χ3v) is 3.74. The predicted octanol–water partition coefficient (Wildman–Crippen LogP) is 3.34. The molecule has 0 aliphatic carbocycles. The van der Waals surface area contributed by atoms with Crippen molar-refractivity contribution in [1.82, 2.24) is 10.2 Å². The van der Waals surface area contributed by atoms with Crippen LogP contribution in [0.4, 0.5) is 0 Å². The van der Waals surface area contributed by atoms with Gasteiger partial charge in [0.15, 0.2) is 0 Å². The fourth-order valence-corrected chi connectivity index (χ4v) is 2.28. The summed E-state index contributed by atoms with van der Waals surface area (Å²) in [5.74, 6) is 1.43. The molecule has 0 radical (unpaired) electrons. The molecule has 1 N–H and O–H groups in total. The summed E-state index contributed by atoms with van der Waals surface area (Å²) in [6.07, 6.45) is 4.12. The number of rotatable bonds is 8. The molecule has 0 saturated heterocycles. The molecule has 0 unspecified atom stereocenters. The van der Waals surface area contributed by atoms with E-state index in [0.29, 0.717) is 32.5 Å². The highest BCUT2D eigenvalue weighted by atomic mass is 16.3. The summed E-state index contributed by atoms with van der Waals surface area (Å²) in [6, 6.07) is 7.28. The normalized spacial score (nSPS) is 11.3. The summed E-state index contributed by atoms with van der Waals surface area (Å²) < 4.78 is 10.7. The van der Waals surface area contributed by atoms with E-state index in [1.807, 2.05) is 32.9 Å². The highest BCUT2D eigenvalue weighted by molar-refractivity contribution is 5.81. The Morgan fingerprint density at radius 2 is 1.60 bits per heavy atom. The number of furan rings is 2. The van der Waals surface area contributed by atoms with Crippen molar-refractivity contribution in [3.8, 4) is 0 Å². The smallest absolute Gasteiger partial charge is 0.225 e. The first-order valence-electron chi connectivity index (χ1n) is 8.47. The quantitative estimate of drug-likeness (QED) is 0.744. The molecule has 2 heterocycles. The van der Waals surface area contributed by atoms with Crippen LogP contribution in [0, 0.1) is 5.41 Å². The molecule has 0 bridgehead atoms. The van der Waals surface area contributed by atoms with E-state index in [1.165, 1.54) is 0 Å². The van der Waals surface area contributed by atoms with E-state index in [0.717, 1.165) is 11.5 Å². The fraction of sp³-hybridized carbons (Fsp3) is 0.474. The van der Waals surface area contributed by atoms with Crippen molar-refractivity contribution < 1.29 is 18.4 Å². The molecule has 0 fully saturated rings. The SMILES string of the molecule is CC(C)(C)C(=O)NCCCC(=O)N(Cc1ccco1)Cc1ccco1. The molecular weight excluding hydrogens is 320 g/mol. The van der Waals surface area contributed by atoms with Crippen LogP contribution in [0.3, 0.4) is 0 Å². The Kier molecular flexibility index (Phi) is 6.44. The third-order valence-electron chi connectivity index (χ3n) is 3.74. The van der Waals surface area contributed by atoms with Crippen molar-refractivity contribution in [3.05, 3.63) is 48.3 Å². The van der Waals surface area contributed by atoms with Gasteiger partial charge >= 0.3 is 0 Å². The van der Waals surface area contributed by atoms with Gasteiger partial charge in [-0.2, -0.15) is 0 Å². The van der Waals surface area contributed by atoms with E-state index in [4.69, 9.17) is 8.83 Å². The van der Waals surface area contributed by atoms with E-state index in [9.17, 15) is 9.59 Å². The number of hydrogen-bond acceptors (Lipinski definition) is 4. The minimum Gasteiger partial charge on any atom is -0.467 e. The molecule has 0 aliphatic heterocycles. The number of amides is 2. The van der Waals surface area contributed by atoms with Crippen LogP contribution in [-0.2, 0) is 22.7 Å². The molecule has 6 nitrogen and oxygen atoms in total. The zero-order valence-corrected chi connectivity index (χ0v) is 15.1. The molecule has 0 aromatic carbocycles. The van der Waals surface area contributed by atoms with Crippen LogP contribution < -0.4 is 5.32 Å². The molecule has 2 aromatic rings. The highest BCUT2D eigenvalue weighted by Crippen LogP contribution is 2.14. The third kappa shape index (κ3) is 6.14. The summed E-state index contributed by atoms with van der Waals surface area (Å²) in [6.45, 7) is 6.85. The van der Waals surface area contributed by atoms with Gasteiger partial charge in [0, 0.05) is 18.4 Å². The van der Waals surface area contributed by atoms with Crippen LogP contribution in [0.5, 0.6) is 0 Å². The number of nitrogens with one attached hydrogen (secondary N) is 1. The van der Waals surface area contributed by atoms with Crippen molar-refractivity contribution in [2.75, 3.05) is 6.54 Å². The molecule has 0 spiro atoms. The first-order valence-corrected chi connectivity index (χ1v) is 8.47. The number of carbonyl (C=O) groups excluding carboxylic acids is 2. The second-order valence-corrected chi connectivity index (χ2v) is 7.02. The van der Waals surface area contributed by atoms with Gasteiger partial charge in [0.25, 0.3) is 0 Å². The second kappa shape index (κ2) is 8.55. The highest BCUT2D eigenvalue weighted by Gasteiger charge is 2.21. The average molecular weight is 346 g/mol. The van der Waals surface area contributed by atoms with Crippen molar-refractivity contribution in [1.29, 1.82) is 0 Å². The Morgan fingerprint density at radius 1 is 1.04 bits per heavy atom. The second-order valence-electron chi connectivity index (χ2n) is 7.02. The maximum Gasteiger partial charge on any atom is 0.225 e. The summed E-state index contributed by atoms with van der Waals surface area (Å²) in [7, 11) is 0. The lowest BCUT2D eigenvalue weighted by Gasteiger charge is -2.21. The van der Waals surface area contributed by atoms with Gasteiger partial charge in [0.2, 0.25) is 11.8 Å². The average Bonchev–Trinajstić information content (AvgIpc) is 3.23. The summed E-state index contributed by atoms with van der Waals surface area (Å²) >= 11 is 0. The lowest BCUT2D eigenvalue weighted by Crippen LogP contribution is -2.36. The zero-order chi connectivity index (χ0) is 18.3. The van der Waals surface area contributed by atoms with Crippen LogP contribution in [0.1, 0.15) is 45.1 Å². The van der Waals surface area contributed by atoms with E-state index < -0.39 is 5.41 Å². The molecule has 0 atom stereocenters. The summed E-state index contributed by atoms with van der Waals surface area (Å²) in [4.78, 5) is 26.1. The van der Waals surface area contributed by atoms with Gasteiger partial charge < -0.3 is 19.1 Å². The Bertz CT molecular complexity index is 618. The Labute approximate surface area is 148 Å². The molecule has 0 saturated carbocycles. The van der Waals surface area contributed by atoms with Crippen LogP contribution in [0.15, 0.2) is 45.6 Å². The monoisotopic (exact) mass is 346 g/mol. The van der Waals surface area contributed by atoms with E-state index in [-0.39, 0.29) is 11.8 Å². The zero-order valence-electron chi connectivity index (χ0n) is 15.1. The van der Waals surface area contributed by atoms with Crippen molar-refractivity contribution in [2.45, 2.75) is 46.7 Å². The molecule has 2 amide bonds. The molecular formula is C19H26N2O4. The lowest BCUT2D eigenvalue weighted by molar-refractivity contribution is -0.133. The van der Waals surface area contributed by atoms with Crippen LogP contribution >= 0.6 is 0 Å². The van der Waals surface area contributed by atoms with Gasteiger partial charge in [-0.25, -0.2) is 0 Å². The van der Waals surface area contributed by atoms with Crippen LogP contribution in [0.25, 0.3) is 0 Å². The summed E-state index contributed by atoms with van der Waals surface area (Å²) in [5, 5.41) is 2.86. The Hall–Kier alpha value is -2.50. The molecule has 2 aromatic heterocycles. The van der Waals surface area contributed by atoms with Gasteiger partial charge in [-0.05, 0) is 30.7 Å². The van der Waals surface area contributed by atoms with Crippen molar-refractivity contribution in [2.24, 2.45) is 5.41 Å². The molecule has 6 heteroatoms. The number of nitrogens with zero attached hydrogens (tertiary/aromatic N) is 1. The van der Waals surface area contributed by atoms with Gasteiger partial charge in [0.05, 0.1) is 25.6 Å². The fourth-order valence-electron chi connectivity index (χ4n) is 2.28. The van der Waals surface area contributed by atoms with Crippen molar-refractivity contribution in [3.63, 3.8) is 0 Å². The molecule has 136 valence electrons. The van der Waals surface area contributed by atoms with Gasteiger partial charge in [-0.3, -0.25) is 9.59 Å². The molecule has 2 rings (SSSR count). The minimum atomic E-state index is -0.422. The van der Waals surface area contributed by atoms with Crippen molar-refractivity contribution >= 4 is 11.8 Å². The van der Waals surface area contributed by atoms with Gasteiger partial charge in [0.1, 0.15) is 11.5 Å². The minimum absolute atomic E-state index is 0.00203. The molecule has 25 heavy (non-hydrogen) atoms. The lowest BCUT2D eigenvalue weighted by atomic mass is 9.96. The number of hydrogen-bond donors (Lipinski definition) is 1. The first kappa shape index (κ1) is 18.8. The maximum atomic E-state index is 12.6. The largest absolute Gasteiger partial charge is 0.467 e. The Morgan fingerprint density at radius 3 is 2.04 bits per heavy atom. The van der Waals surface area contributed by atoms with E-state index in [2.05, 4.69) is 5.32 Å². The van der Waals surface area contributed by atoms with E-state index >= 15 is 0 Å². The van der Waals surface area contributed by atoms with Gasteiger partial charge in [-0.15, -0.1) is 0 Å². The Balaban J connectivity index is 1.85. The maximum absolute atomic E-state index is 12.6. The van der Waals surface area contributed by atoms with Gasteiger partial charge in [-0.1, -0.05) is 20.8 Å². The predicted molar refractivity (Wildman–Crippen MR) is 93.4 cm³/mol. The van der Waals surface area contributed by atoms with E-state index in [1.54, 1.807) is 29.6 Å². The standard InChI is InChI=1S/C19H26N2O4/c1-19(2,3)18(23)20-10-4-9-17(22)21(13-15-7-5-11-24-15)14-16-8-6-12-25-16/h5-8,11-12H,4,9-10,13-14H2,1-3H3,(H,20,23). The summed E-state index contributed by atoms with van der Waals surface area (Å²) in [5.41, 5.74) is -0.422. The van der Waals surface area contributed by atoms with Crippen LogP contribution in [0.2, 0.25) is 0 Å². The molecule has 0 aliphatic rings. The van der Waals surface area contributed by atoms with Crippen LogP contribution in [-0.4, -0.2) is 23.3 Å². The topological polar surface area (TPSA) is 75.7 Å². The first-order chi connectivity index (χ1) is 11.9. The number of carbonyl (C=O) groups is 2.